The van der Waals surface area contributed by atoms with Crippen molar-refractivity contribution in [2.24, 2.45) is 0 Å². The predicted molar refractivity (Wildman–Crippen MR) is 70.7 cm³/mol. The van der Waals surface area contributed by atoms with Crippen molar-refractivity contribution in [2.45, 2.75) is 18.9 Å². The van der Waals surface area contributed by atoms with E-state index in [1.165, 1.54) is 6.07 Å². The van der Waals surface area contributed by atoms with Gasteiger partial charge in [0, 0.05) is 24.7 Å². The molecule has 1 amide bonds. The molecular formula is C14H20N2O2. The first-order chi connectivity index (χ1) is 8.58. The molecule has 1 aromatic carbocycles. The summed E-state index contributed by atoms with van der Waals surface area (Å²) in [6.45, 7) is 1.71. The number of nitrogens with zero attached hydrogens (tertiary/aromatic N) is 2. The number of carbonyl (C=O) groups excluding carboxylic acids is 1. The smallest absolute Gasteiger partial charge is 0.254 e. The van der Waals surface area contributed by atoms with Crippen molar-refractivity contribution < 1.29 is 9.90 Å². The lowest BCUT2D eigenvalue weighted by Crippen LogP contribution is -2.41. The average molecular weight is 248 g/mol. The number of benzene rings is 1. The molecule has 1 aliphatic rings. The van der Waals surface area contributed by atoms with Gasteiger partial charge in [-0.15, -0.1) is 0 Å². The maximum absolute atomic E-state index is 12.4. The van der Waals surface area contributed by atoms with Crippen molar-refractivity contribution in [3.8, 4) is 5.75 Å². The van der Waals surface area contributed by atoms with E-state index >= 15 is 0 Å². The van der Waals surface area contributed by atoms with Gasteiger partial charge in [-0.25, -0.2) is 0 Å². The van der Waals surface area contributed by atoms with E-state index in [4.69, 9.17) is 0 Å². The van der Waals surface area contributed by atoms with Crippen LogP contribution in [0.2, 0.25) is 0 Å². The molecule has 1 fully saturated rings. The average Bonchev–Trinajstić information content (AvgIpc) is 2.75. The van der Waals surface area contributed by atoms with Gasteiger partial charge in [0.25, 0.3) is 5.91 Å². The molecule has 0 saturated carbocycles. The quantitative estimate of drug-likeness (QED) is 0.882. The lowest BCUT2D eigenvalue weighted by atomic mass is 10.1. The highest BCUT2D eigenvalue weighted by Gasteiger charge is 2.29. The van der Waals surface area contributed by atoms with Crippen molar-refractivity contribution in [1.82, 2.24) is 9.80 Å². The Kier molecular flexibility index (Phi) is 3.87. The van der Waals surface area contributed by atoms with Gasteiger partial charge >= 0.3 is 0 Å². The number of likely N-dealkylation sites (tertiary alicyclic amines) is 1. The molecule has 0 aromatic heterocycles. The van der Waals surface area contributed by atoms with Gasteiger partial charge in [0.1, 0.15) is 5.75 Å². The predicted octanol–water partition coefficient (Wildman–Crippen LogP) is 1.56. The summed E-state index contributed by atoms with van der Waals surface area (Å²) < 4.78 is 0. The lowest BCUT2D eigenvalue weighted by Gasteiger charge is -2.27. The Hall–Kier alpha value is -1.55. The van der Waals surface area contributed by atoms with Crippen LogP contribution in [0.3, 0.4) is 0 Å². The number of likely N-dealkylation sites (N-methyl/N-ethyl adjacent to an activating group) is 1. The Morgan fingerprint density at radius 3 is 2.94 bits per heavy atom. The molecule has 0 radical (unpaired) electrons. The minimum atomic E-state index is 0.0234. The van der Waals surface area contributed by atoms with E-state index in [9.17, 15) is 9.90 Å². The number of phenolic OH excluding ortho intramolecular Hbond substituents is 1. The van der Waals surface area contributed by atoms with Gasteiger partial charge in [0.15, 0.2) is 0 Å². The van der Waals surface area contributed by atoms with Crippen LogP contribution in [-0.4, -0.2) is 54.0 Å². The Labute approximate surface area is 108 Å². The Morgan fingerprint density at radius 1 is 1.50 bits per heavy atom. The zero-order valence-corrected chi connectivity index (χ0v) is 11.0. The largest absolute Gasteiger partial charge is 0.508 e. The number of aromatic hydroxyl groups is 1. The van der Waals surface area contributed by atoms with Crippen LogP contribution < -0.4 is 0 Å². The zero-order valence-electron chi connectivity index (χ0n) is 11.0. The fraction of sp³-hybridized carbons (Fsp3) is 0.500. The Balaban J connectivity index is 2.12. The second-order valence-electron chi connectivity index (χ2n) is 5.11. The molecular weight excluding hydrogens is 228 g/mol. The van der Waals surface area contributed by atoms with E-state index in [-0.39, 0.29) is 17.7 Å². The van der Waals surface area contributed by atoms with Gasteiger partial charge in [0.2, 0.25) is 0 Å². The first kappa shape index (κ1) is 12.9. The van der Waals surface area contributed by atoms with Crippen LogP contribution in [0.4, 0.5) is 0 Å². The van der Waals surface area contributed by atoms with Crippen LogP contribution in [0.5, 0.6) is 5.75 Å². The van der Waals surface area contributed by atoms with Crippen molar-refractivity contribution in [3.05, 3.63) is 29.8 Å². The molecule has 4 heteroatoms. The van der Waals surface area contributed by atoms with Crippen molar-refractivity contribution in [2.75, 3.05) is 27.2 Å². The molecule has 0 aliphatic carbocycles. The maximum Gasteiger partial charge on any atom is 0.254 e. The van der Waals surface area contributed by atoms with E-state index < -0.39 is 0 Å². The second kappa shape index (κ2) is 5.40. The lowest BCUT2D eigenvalue weighted by molar-refractivity contribution is 0.0716. The fourth-order valence-corrected chi connectivity index (χ4v) is 2.52. The van der Waals surface area contributed by atoms with Gasteiger partial charge in [-0.05, 0) is 45.1 Å². The first-order valence-electron chi connectivity index (χ1n) is 6.32. The van der Waals surface area contributed by atoms with Crippen LogP contribution in [0.25, 0.3) is 0 Å². The van der Waals surface area contributed by atoms with Crippen LogP contribution in [-0.2, 0) is 0 Å². The molecule has 1 aliphatic heterocycles. The summed E-state index contributed by atoms with van der Waals surface area (Å²) in [5.41, 5.74) is 0.570. The topological polar surface area (TPSA) is 43.8 Å². The number of hydrogen-bond acceptors (Lipinski definition) is 3. The normalized spacial score (nSPS) is 19.5. The van der Waals surface area contributed by atoms with Crippen molar-refractivity contribution in [3.63, 3.8) is 0 Å². The summed E-state index contributed by atoms with van der Waals surface area (Å²) in [4.78, 5) is 16.4. The summed E-state index contributed by atoms with van der Waals surface area (Å²) in [5, 5.41) is 9.44. The van der Waals surface area contributed by atoms with Gasteiger partial charge in [-0.1, -0.05) is 6.07 Å². The van der Waals surface area contributed by atoms with Gasteiger partial charge < -0.3 is 14.9 Å². The molecule has 1 heterocycles. The summed E-state index contributed by atoms with van der Waals surface area (Å²) in [7, 11) is 4.05. The minimum Gasteiger partial charge on any atom is -0.508 e. The third kappa shape index (κ3) is 2.82. The zero-order chi connectivity index (χ0) is 13.1. The van der Waals surface area contributed by atoms with Crippen LogP contribution in [0.15, 0.2) is 24.3 Å². The molecule has 98 valence electrons. The molecule has 0 spiro atoms. The molecule has 0 bridgehead atoms. The van der Waals surface area contributed by atoms with E-state index in [2.05, 4.69) is 4.90 Å². The number of amides is 1. The Bertz CT molecular complexity index is 432. The van der Waals surface area contributed by atoms with E-state index in [0.717, 1.165) is 25.9 Å². The van der Waals surface area contributed by atoms with Crippen molar-refractivity contribution in [1.29, 1.82) is 0 Å². The molecule has 18 heavy (non-hydrogen) atoms. The molecule has 1 saturated heterocycles. The highest BCUT2D eigenvalue weighted by molar-refractivity contribution is 5.95. The first-order valence-corrected chi connectivity index (χ1v) is 6.32. The molecule has 1 unspecified atom stereocenters. The SMILES string of the molecule is CN(C)CC1CCCN1C(=O)c1cccc(O)c1. The summed E-state index contributed by atoms with van der Waals surface area (Å²) in [6, 6.07) is 6.87. The summed E-state index contributed by atoms with van der Waals surface area (Å²) >= 11 is 0. The Morgan fingerprint density at radius 2 is 2.28 bits per heavy atom. The number of phenols is 1. The third-order valence-corrected chi connectivity index (χ3v) is 3.31. The van der Waals surface area contributed by atoms with E-state index in [1.807, 2.05) is 19.0 Å². The highest BCUT2D eigenvalue weighted by Crippen LogP contribution is 2.22. The standard InChI is InChI=1S/C14H20N2O2/c1-15(2)10-12-6-4-8-16(12)14(18)11-5-3-7-13(17)9-11/h3,5,7,9,12,17H,4,6,8,10H2,1-2H3. The summed E-state index contributed by atoms with van der Waals surface area (Å²) in [6.07, 6.45) is 2.12. The van der Waals surface area contributed by atoms with E-state index in [0.29, 0.717) is 5.56 Å². The molecule has 1 atom stereocenters. The second-order valence-corrected chi connectivity index (χ2v) is 5.11. The van der Waals surface area contributed by atoms with Crippen LogP contribution in [0.1, 0.15) is 23.2 Å². The molecule has 4 nitrogen and oxygen atoms in total. The molecule has 1 N–H and O–H groups in total. The van der Waals surface area contributed by atoms with Crippen LogP contribution >= 0.6 is 0 Å². The van der Waals surface area contributed by atoms with Gasteiger partial charge in [0.05, 0.1) is 0 Å². The highest BCUT2D eigenvalue weighted by atomic mass is 16.3. The van der Waals surface area contributed by atoms with E-state index in [1.54, 1.807) is 18.2 Å². The molecule has 1 aromatic rings. The number of hydrogen-bond donors (Lipinski definition) is 1. The fourth-order valence-electron chi connectivity index (χ4n) is 2.52. The monoisotopic (exact) mass is 248 g/mol. The third-order valence-electron chi connectivity index (χ3n) is 3.31. The molecule has 2 rings (SSSR count). The summed E-state index contributed by atoms with van der Waals surface area (Å²) in [5.74, 6) is 0.166. The van der Waals surface area contributed by atoms with Gasteiger partial charge in [-0.3, -0.25) is 4.79 Å². The van der Waals surface area contributed by atoms with Crippen molar-refractivity contribution >= 4 is 5.91 Å². The number of rotatable bonds is 3. The van der Waals surface area contributed by atoms with Gasteiger partial charge in [-0.2, -0.15) is 0 Å². The van der Waals surface area contributed by atoms with Crippen LogP contribution in [0, 0.1) is 0 Å². The maximum atomic E-state index is 12.4. The minimum absolute atomic E-state index is 0.0234. The number of carbonyl (C=O) groups is 1.